The van der Waals surface area contributed by atoms with Crippen LogP contribution in [0.1, 0.15) is 12.0 Å². The number of aliphatic hydroxyl groups is 4. The molecule has 13 heteroatoms. The first-order valence-corrected chi connectivity index (χ1v) is 15.8. The average molecular weight is 687 g/mol. The molecule has 6 atom stereocenters. The zero-order valence-corrected chi connectivity index (χ0v) is 26.8. The summed E-state index contributed by atoms with van der Waals surface area (Å²) in [6.07, 6.45) is -7.91. The van der Waals surface area contributed by atoms with Crippen molar-refractivity contribution in [3.05, 3.63) is 109 Å². The fourth-order valence-electron chi connectivity index (χ4n) is 5.71. The standard InChI is InChI=1S/C37H38N2O11/c40-21-32(45)39-33-29(42)19-37(36(47)48,49-28-16-12-26(13-17-28)23-4-2-1-3-5-23)50-35(33)34(46)30(43)20-38-31(44)18-22-6-8-24(9-7-22)25-10-14-27(41)15-11-25/h1-17,29-30,33-35,40-43,46H,18-21H2,(H,38,44)(H,39,45)(H,47,48)/t29-,30+,33-,34+,35+,37+/m0/s1. The third-order valence-corrected chi connectivity index (χ3v) is 8.37. The molecule has 0 unspecified atom stereocenters. The fraction of sp³-hybridized carbons (Fsp3) is 0.270. The fourth-order valence-corrected chi connectivity index (χ4v) is 5.71. The summed E-state index contributed by atoms with van der Waals surface area (Å²) in [5.74, 6) is -5.44. The van der Waals surface area contributed by atoms with Crippen LogP contribution in [0.4, 0.5) is 0 Å². The zero-order chi connectivity index (χ0) is 35.8. The molecule has 0 aromatic heterocycles. The number of benzene rings is 4. The summed E-state index contributed by atoms with van der Waals surface area (Å²) < 4.78 is 11.6. The van der Waals surface area contributed by atoms with Crippen molar-refractivity contribution in [2.45, 2.75) is 49.1 Å². The van der Waals surface area contributed by atoms with Crippen molar-refractivity contribution >= 4 is 17.8 Å². The predicted octanol–water partition coefficient (Wildman–Crippen LogP) is 1.59. The van der Waals surface area contributed by atoms with E-state index in [2.05, 4.69) is 10.6 Å². The molecule has 0 spiro atoms. The van der Waals surface area contributed by atoms with E-state index in [0.717, 1.165) is 22.3 Å². The van der Waals surface area contributed by atoms with Crippen molar-refractivity contribution in [2.24, 2.45) is 0 Å². The molecule has 0 saturated carbocycles. The minimum atomic E-state index is -2.56. The number of amides is 2. The molecule has 4 aromatic rings. The van der Waals surface area contributed by atoms with E-state index in [9.17, 15) is 45.0 Å². The molecule has 1 aliphatic rings. The molecular formula is C37H38N2O11. The number of ether oxygens (including phenoxy) is 2. The van der Waals surface area contributed by atoms with Gasteiger partial charge < -0.3 is 50.7 Å². The third-order valence-electron chi connectivity index (χ3n) is 8.37. The van der Waals surface area contributed by atoms with Crippen molar-refractivity contribution < 1.29 is 54.5 Å². The Morgan fingerprint density at radius 2 is 1.38 bits per heavy atom. The monoisotopic (exact) mass is 686 g/mol. The van der Waals surface area contributed by atoms with Crippen LogP contribution >= 0.6 is 0 Å². The summed E-state index contributed by atoms with van der Waals surface area (Å²) in [5.41, 5.74) is 4.13. The number of nitrogens with one attached hydrogen (secondary N) is 2. The highest BCUT2D eigenvalue weighted by Gasteiger charge is 2.56. The first-order valence-electron chi connectivity index (χ1n) is 15.8. The van der Waals surface area contributed by atoms with Crippen LogP contribution in [0.5, 0.6) is 11.5 Å². The van der Waals surface area contributed by atoms with Crippen LogP contribution in [0.2, 0.25) is 0 Å². The van der Waals surface area contributed by atoms with Gasteiger partial charge in [-0.2, -0.15) is 0 Å². The van der Waals surface area contributed by atoms with Gasteiger partial charge in [0.25, 0.3) is 0 Å². The SMILES string of the molecule is O=C(Cc1ccc(-c2ccc(O)cc2)cc1)NC[C@@H](O)[C@@H](O)[C@@H]1O[C@@](Oc2ccc(-c3ccccc3)cc2)(C(=O)O)C[C@H](O)[C@@H]1NC(=O)CO. The number of carboxylic acid groups (broad SMARTS) is 1. The van der Waals surface area contributed by atoms with Gasteiger partial charge in [0, 0.05) is 6.54 Å². The highest BCUT2D eigenvalue weighted by Crippen LogP contribution is 2.35. The smallest absolute Gasteiger partial charge is 0.377 e. The Hall–Kier alpha value is -5.31. The van der Waals surface area contributed by atoms with Gasteiger partial charge in [-0.15, -0.1) is 0 Å². The predicted molar refractivity (Wildman–Crippen MR) is 180 cm³/mol. The Labute approximate surface area is 287 Å². The van der Waals surface area contributed by atoms with Crippen molar-refractivity contribution in [3.63, 3.8) is 0 Å². The molecule has 4 aromatic carbocycles. The Kier molecular flexibility index (Phi) is 11.5. The first kappa shape index (κ1) is 36.0. The van der Waals surface area contributed by atoms with Crippen LogP contribution in [-0.4, -0.2) is 97.8 Å². The molecule has 50 heavy (non-hydrogen) atoms. The second-order valence-electron chi connectivity index (χ2n) is 11.9. The molecule has 1 fully saturated rings. The molecule has 262 valence electrons. The molecule has 0 aliphatic carbocycles. The first-order chi connectivity index (χ1) is 24.0. The summed E-state index contributed by atoms with van der Waals surface area (Å²) in [7, 11) is 0. The van der Waals surface area contributed by atoms with Gasteiger partial charge in [0.05, 0.1) is 31.1 Å². The molecule has 0 bridgehead atoms. The number of hydrogen-bond acceptors (Lipinski definition) is 10. The summed E-state index contributed by atoms with van der Waals surface area (Å²) in [6, 6.07) is 28.1. The van der Waals surface area contributed by atoms with Crippen molar-refractivity contribution in [2.75, 3.05) is 13.2 Å². The van der Waals surface area contributed by atoms with Crippen molar-refractivity contribution in [1.29, 1.82) is 0 Å². The van der Waals surface area contributed by atoms with Gasteiger partial charge in [0.1, 0.15) is 30.3 Å². The van der Waals surface area contributed by atoms with E-state index in [-0.39, 0.29) is 17.9 Å². The summed E-state index contributed by atoms with van der Waals surface area (Å²) in [6.45, 7) is -1.47. The molecule has 5 rings (SSSR count). The van der Waals surface area contributed by atoms with E-state index in [1.54, 1.807) is 48.5 Å². The maximum atomic E-state index is 12.7. The third kappa shape index (κ3) is 8.64. The van der Waals surface area contributed by atoms with Gasteiger partial charge in [-0.25, -0.2) is 4.79 Å². The number of carbonyl (C=O) groups excluding carboxylic acids is 2. The topological polar surface area (TPSA) is 215 Å². The number of phenols is 1. The maximum absolute atomic E-state index is 12.7. The summed E-state index contributed by atoms with van der Waals surface area (Å²) >= 11 is 0. The van der Waals surface area contributed by atoms with Gasteiger partial charge in [0.2, 0.25) is 11.8 Å². The normalized spacial score (nSPS) is 21.4. The number of carbonyl (C=O) groups is 3. The second-order valence-corrected chi connectivity index (χ2v) is 11.9. The van der Waals surface area contributed by atoms with Crippen LogP contribution < -0.4 is 15.4 Å². The van der Waals surface area contributed by atoms with Crippen LogP contribution in [0.25, 0.3) is 22.3 Å². The lowest BCUT2D eigenvalue weighted by molar-refractivity contribution is -0.283. The zero-order valence-electron chi connectivity index (χ0n) is 26.8. The van der Waals surface area contributed by atoms with Gasteiger partial charge in [-0.1, -0.05) is 78.9 Å². The number of carboxylic acids is 1. The lowest BCUT2D eigenvalue weighted by Gasteiger charge is -2.46. The van der Waals surface area contributed by atoms with E-state index >= 15 is 0 Å². The molecule has 1 aliphatic heterocycles. The molecular weight excluding hydrogens is 648 g/mol. The number of rotatable bonds is 13. The molecule has 8 N–H and O–H groups in total. The molecule has 1 heterocycles. The van der Waals surface area contributed by atoms with Crippen LogP contribution in [0.3, 0.4) is 0 Å². The Bertz CT molecular complexity index is 1750. The minimum Gasteiger partial charge on any atom is -0.508 e. The summed E-state index contributed by atoms with van der Waals surface area (Å²) in [4.78, 5) is 37.5. The van der Waals surface area contributed by atoms with E-state index in [1.165, 1.54) is 12.1 Å². The van der Waals surface area contributed by atoms with Crippen molar-refractivity contribution in [1.82, 2.24) is 10.6 Å². The molecule has 2 amide bonds. The van der Waals surface area contributed by atoms with E-state index in [0.29, 0.717) is 5.56 Å². The quantitative estimate of drug-likeness (QED) is 0.101. The van der Waals surface area contributed by atoms with E-state index < -0.39 is 73.6 Å². The van der Waals surface area contributed by atoms with E-state index in [4.69, 9.17) is 9.47 Å². The lowest BCUT2D eigenvalue weighted by Crippen LogP contribution is -2.69. The highest BCUT2D eigenvalue weighted by molar-refractivity contribution is 5.79. The number of hydrogen-bond donors (Lipinski definition) is 8. The Balaban J connectivity index is 1.27. The van der Waals surface area contributed by atoms with Gasteiger partial charge in [-0.05, 0) is 52.1 Å². The average Bonchev–Trinajstić information content (AvgIpc) is 3.12. The van der Waals surface area contributed by atoms with E-state index in [1.807, 2.05) is 42.5 Å². The molecule has 13 nitrogen and oxygen atoms in total. The van der Waals surface area contributed by atoms with Crippen LogP contribution in [0, 0.1) is 0 Å². The lowest BCUT2D eigenvalue weighted by atomic mass is 9.88. The maximum Gasteiger partial charge on any atom is 0.377 e. The second kappa shape index (κ2) is 15.9. The Morgan fingerprint density at radius 1 is 0.820 bits per heavy atom. The molecule has 0 radical (unpaired) electrons. The largest absolute Gasteiger partial charge is 0.508 e. The Morgan fingerprint density at radius 3 is 1.96 bits per heavy atom. The highest BCUT2D eigenvalue weighted by atomic mass is 16.7. The van der Waals surface area contributed by atoms with Gasteiger partial charge in [0.15, 0.2) is 0 Å². The molecule has 1 saturated heterocycles. The van der Waals surface area contributed by atoms with Crippen molar-refractivity contribution in [3.8, 4) is 33.8 Å². The van der Waals surface area contributed by atoms with Crippen LogP contribution in [0.15, 0.2) is 103 Å². The number of aliphatic hydroxyl groups excluding tert-OH is 4. The number of aliphatic carboxylic acids is 1. The van der Waals surface area contributed by atoms with Gasteiger partial charge in [-0.3, -0.25) is 9.59 Å². The number of phenolic OH excluding ortho intramolecular Hbond substituents is 1. The minimum absolute atomic E-state index is 0.0640. The van der Waals surface area contributed by atoms with Crippen LogP contribution in [-0.2, 0) is 25.5 Å². The van der Waals surface area contributed by atoms with Gasteiger partial charge >= 0.3 is 11.8 Å². The summed E-state index contributed by atoms with van der Waals surface area (Å²) in [5, 5.41) is 67.1. The number of aromatic hydroxyl groups is 1.